The van der Waals surface area contributed by atoms with Crippen molar-refractivity contribution in [3.8, 4) is 11.9 Å². The Kier molecular flexibility index (Phi) is 3.49. The molecule has 0 saturated heterocycles. The molecule has 0 radical (unpaired) electrons. The van der Waals surface area contributed by atoms with E-state index in [-0.39, 0.29) is 11.4 Å². The van der Waals surface area contributed by atoms with E-state index in [1.807, 2.05) is 6.07 Å². The lowest BCUT2D eigenvalue weighted by Crippen LogP contribution is -3.15. The van der Waals surface area contributed by atoms with Crippen LogP contribution in [0, 0.1) is 11.3 Å². The Morgan fingerprint density at radius 3 is 2.70 bits per heavy atom. The standard InChI is InChI=1S/C15H19N3O2/c16-8-12-11-6-7-18(10-4-2-1-3-5-10)9-13(11)15(20)17-14(12)19/h10H,1-7,9H2,(H2,17,19,20)/p+1. The quantitative estimate of drug-likeness (QED) is 0.685. The number of aromatic hydroxyl groups is 1. The highest BCUT2D eigenvalue weighted by atomic mass is 16.3. The molecule has 1 atom stereocenters. The van der Waals surface area contributed by atoms with Crippen molar-refractivity contribution in [3.05, 3.63) is 27.0 Å². The lowest BCUT2D eigenvalue weighted by molar-refractivity contribution is -0.942. The van der Waals surface area contributed by atoms with Gasteiger partial charge in [-0.15, -0.1) is 0 Å². The number of aromatic amines is 1. The van der Waals surface area contributed by atoms with Gasteiger partial charge in [-0.2, -0.15) is 5.26 Å². The molecule has 0 bridgehead atoms. The first-order valence-corrected chi connectivity index (χ1v) is 7.42. The van der Waals surface area contributed by atoms with Crippen LogP contribution in [0.15, 0.2) is 4.79 Å². The van der Waals surface area contributed by atoms with Crippen LogP contribution in [0.2, 0.25) is 0 Å². The molecule has 0 amide bonds. The van der Waals surface area contributed by atoms with Gasteiger partial charge in [0.15, 0.2) is 0 Å². The zero-order valence-electron chi connectivity index (χ0n) is 11.5. The highest BCUT2D eigenvalue weighted by Gasteiger charge is 2.32. The highest BCUT2D eigenvalue weighted by Crippen LogP contribution is 2.22. The first-order valence-electron chi connectivity index (χ1n) is 7.42. The van der Waals surface area contributed by atoms with Gasteiger partial charge >= 0.3 is 0 Å². The minimum atomic E-state index is -0.468. The molecule has 5 heteroatoms. The number of nitrogens with one attached hydrogen (secondary N) is 2. The topological polar surface area (TPSA) is 81.3 Å². The summed E-state index contributed by atoms with van der Waals surface area (Å²) in [6, 6.07) is 2.64. The second-order valence-corrected chi connectivity index (χ2v) is 5.92. The summed E-state index contributed by atoms with van der Waals surface area (Å²) in [5.41, 5.74) is 1.24. The van der Waals surface area contributed by atoms with Gasteiger partial charge in [-0.1, -0.05) is 6.42 Å². The van der Waals surface area contributed by atoms with Crippen molar-refractivity contribution in [2.45, 2.75) is 51.1 Å². The Morgan fingerprint density at radius 1 is 1.25 bits per heavy atom. The second kappa shape index (κ2) is 5.29. The van der Waals surface area contributed by atoms with Crippen LogP contribution in [0.4, 0.5) is 0 Å². The Morgan fingerprint density at radius 2 is 2.00 bits per heavy atom. The van der Waals surface area contributed by atoms with Crippen molar-refractivity contribution < 1.29 is 10.0 Å². The lowest BCUT2D eigenvalue weighted by Gasteiger charge is -2.34. The first kappa shape index (κ1) is 13.2. The molecular formula is C15H20N3O2+. The summed E-state index contributed by atoms with van der Waals surface area (Å²) in [5, 5.41) is 19.1. The molecule has 1 aliphatic carbocycles. The molecular weight excluding hydrogens is 254 g/mol. The van der Waals surface area contributed by atoms with Crippen LogP contribution < -0.4 is 10.5 Å². The molecule has 0 spiro atoms. The predicted octanol–water partition coefficient (Wildman–Crippen LogP) is 0.226. The molecule has 1 unspecified atom stereocenters. The summed E-state index contributed by atoms with van der Waals surface area (Å²) < 4.78 is 0. The van der Waals surface area contributed by atoms with Crippen LogP contribution in [-0.4, -0.2) is 22.7 Å². The number of pyridine rings is 1. The first-order chi connectivity index (χ1) is 9.70. The summed E-state index contributed by atoms with van der Waals surface area (Å²) in [5.74, 6) is -0.0444. The minimum Gasteiger partial charge on any atom is -0.494 e. The maximum absolute atomic E-state index is 11.7. The van der Waals surface area contributed by atoms with Crippen LogP contribution in [0.5, 0.6) is 5.88 Å². The zero-order valence-corrected chi connectivity index (χ0v) is 11.5. The fraction of sp³-hybridized carbons (Fsp3) is 0.600. The molecule has 1 aromatic rings. The van der Waals surface area contributed by atoms with Gasteiger partial charge < -0.3 is 10.0 Å². The molecule has 2 heterocycles. The fourth-order valence-electron chi connectivity index (χ4n) is 3.72. The van der Waals surface area contributed by atoms with Gasteiger partial charge in [0.2, 0.25) is 5.88 Å². The van der Waals surface area contributed by atoms with E-state index < -0.39 is 5.56 Å². The number of fused-ring (bicyclic) bond motifs is 1. The Hall–Kier alpha value is -1.80. The van der Waals surface area contributed by atoms with Gasteiger partial charge in [0.25, 0.3) is 5.56 Å². The average molecular weight is 274 g/mol. The summed E-state index contributed by atoms with van der Waals surface area (Å²) in [7, 11) is 0. The van der Waals surface area contributed by atoms with Crippen LogP contribution in [0.25, 0.3) is 0 Å². The second-order valence-electron chi connectivity index (χ2n) is 5.92. The Bertz CT molecular complexity index is 609. The van der Waals surface area contributed by atoms with Crippen molar-refractivity contribution in [2.24, 2.45) is 0 Å². The largest absolute Gasteiger partial charge is 0.494 e. The third-order valence-electron chi connectivity index (χ3n) is 4.81. The number of quaternary nitrogens is 1. The van der Waals surface area contributed by atoms with Crippen molar-refractivity contribution >= 4 is 0 Å². The maximum Gasteiger partial charge on any atom is 0.268 e. The van der Waals surface area contributed by atoms with Crippen LogP contribution in [-0.2, 0) is 13.0 Å². The van der Waals surface area contributed by atoms with Crippen molar-refractivity contribution in [1.82, 2.24) is 4.98 Å². The molecule has 20 heavy (non-hydrogen) atoms. The molecule has 2 aliphatic rings. The Balaban J connectivity index is 1.91. The van der Waals surface area contributed by atoms with Gasteiger partial charge in [0, 0.05) is 6.42 Å². The zero-order chi connectivity index (χ0) is 14.1. The number of hydrogen-bond donors (Lipinski definition) is 3. The van der Waals surface area contributed by atoms with Crippen LogP contribution in [0.3, 0.4) is 0 Å². The van der Waals surface area contributed by atoms with E-state index in [2.05, 4.69) is 4.98 Å². The lowest BCUT2D eigenvalue weighted by atomic mass is 9.90. The van der Waals surface area contributed by atoms with Gasteiger partial charge in [0.05, 0.1) is 18.2 Å². The van der Waals surface area contributed by atoms with E-state index in [9.17, 15) is 9.90 Å². The molecule has 106 valence electrons. The van der Waals surface area contributed by atoms with Gasteiger partial charge in [-0.25, -0.2) is 0 Å². The number of rotatable bonds is 1. The van der Waals surface area contributed by atoms with Gasteiger partial charge in [-0.05, 0) is 31.2 Å². The third kappa shape index (κ3) is 2.20. The minimum absolute atomic E-state index is 0.0444. The molecule has 3 rings (SSSR count). The molecule has 3 N–H and O–H groups in total. The molecule has 5 nitrogen and oxygen atoms in total. The average Bonchev–Trinajstić information content (AvgIpc) is 2.48. The van der Waals surface area contributed by atoms with E-state index >= 15 is 0 Å². The summed E-state index contributed by atoms with van der Waals surface area (Å²) in [6.07, 6.45) is 7.13. The third-order valence-corrected chi connectivity index (χ3v) is 4.81. The normalized spacial score (nSPS) is 23.1. The van der Waals surface area contributed by atoms with Gasteiger partial charge in [-0.3, -0.25) is 9.78 Å². The Labute approximate surface area is 117 Å². The van der Waals surface area contributed by atoms with E-state index in [4.69, 9.17) is 5.26 Å². The number of hydrogen-bond acceptors (Lipinski definition) is 3. The van der Waals surface area contributed by atoms with E-state index in [0.717, 1.165) is 24.2 Å². The van der Waals surface area contributed by atoms with E-state index in [0.29, 0.717) is 12.5 Å². The predicted molar refractivity (Wildman–Crippen MR) is 73.6 cm³/mol. The number of nitrogens with zero attached hydrogens (tertiary/aromatic N) is 1. The van der Waals surface area contributed by atoms with Crippen molar-refractivity contribution in [2.75, 3.05) is 6.54 Å². The smallest absolute Gasteiger partial charge is 0.268 e. The van der Waals surface area contributed by atoms with E-state index in [1.165, 1.54) is 37.0 Å². The molecule has 1 fully saturated rings. The monoisotopic (exact) mass is 274 g/mol. The fourth-order valence-corrected chi connectivity index (χ4v) is 3.72. The van der Waals surface area contributed by atoms with Crippen LogP contribution >= 0.6 is 0 Å². The molecule has 1 aliphatic heterocycles. The summed E-state index contributed by atoms with van der Waals surface area (Å²) >= 11 is 0. The van der Waals surface area contributed by atoms with Crippen LogP contribution in [0.1, 0.15) is 48.8 Å². The maximum atomic E-state index is 11.7. The molecule has 1 aromatic heterocycles. The van der Waals surface area contributed by atoms with Crippen molar-refractivity contribution in [1.29, 1.82) is 5.26 Å². The number of nitriles is 1. The van der Waals surface area contributed by atoms with Gasteiger partial charge in [0.1, 0.15) is 18.2 Å². The SMILES string of the molecule is N#Cc1c2c(c(O)[nH]c1=O)C[NH+](C1CCCCC1)CC2. The number of aromatic nitrogens is 1. The molecule has 1 saturated carbocycles. The molecule has 0 aromatic carbocycles. The number of H-pyrrole nitrogens is 1. The van der Waals surface area contributed by atoms with Crippen molar-refractivity contribution in [3.63, 3.8) is 0 Å². The highest BCUT2D eigenvalue weighted by molar-refractivity contribution is 5.45. The van der Waals surface area contributed by atoms with E-state index in [1.54, 1.807) is 0 Å². The summed E-state index contributed by atoms with van der Waals surface area (Å²) in [4.78, 5) is 15.6. The summed E-state index contributed by atoms with van der Waals surface area (Å²) in [6.45, 7) is 1.67.